The molecule has 0 atom stereocenters. The summed E-state index contributed by atoms with van der Waals surface area (Å²) in [4.78, 5) is 4.64. The molecule has 0 saturated carbocycles. The van der Waals surface area contributed by atoms with Crippen LogP contribution >= 0.6 is 0 Å². The van der Waals surface area contributed by atoms with Gasteiger partial charge in [0.25, 0.3) is 5.95 Å². The highest BCUT2D eigenvalue weighted by Crippen LogP contribution is 2.28. The van der Waals surface area contributed by atoms with E-state index in [2.05, 4.69) is 20.3 Å². The number of nitrogens with zero attached hydrogens (tertiary/aromatic N) is 6. The molecule has 0 saturated heterocycles. The fourth-order valence-electron chi connectivity index (χ4n) is 2.60. The second kappa shape index (κ2) is 6.45. The van der Waals surface area contributed by atoms with Crippen LogP contribution < -0.4 is 5.73 Å². The summed E-state index contributed by atoms with van der Waals surface area (Å²) in [5, 5.41) is 21.7. The van der Waals surface area contributed by atoms with E-state index in [4.69, 9.17) is 11.0 Å². The molecular weight excluding hydrogens is 326 g/mol. The van der Waals surface area contributed by atoms with Gasteiger partial charge in [-0.3, -0.25) is 0 Å². The molecule has 0 unspecified atom stereocenters. The smallest absolute Gasteiger partial charge is 0.272 e. The first-order valence-corrected chi connectivity index (χ1v) is 7.87. The van der Waals surface area contributed by atoms with Crippen molar-refractivity contribution in [3.8, 4) is 34.5 Å². The van der Waals surface area contributed by atoms with Crippen LogP contribution in [-0.2, 0) is 0 Å². The average Bonchev–Trinajstić information content (AvgIpc) is 3.09. The van der Waals surface area contributed by atoms with E-state index in [9.17, 15) is 0 Å². The molecule has 0 bridgehead atoms. The number of benzene rings is 2. The number of anilines is 1. The fourth-order valence-corrected chi connectivity index (χ4v) is 2.60. The van der Waals surface area contributed by atoms with E-state index >= 15 is 0 Å². The Hall–Kier alpha value is -4.05. The van der Waals surface area contributed by atoms with Gasteiger partial charge in [-0.15, -0.1) is 10.2 Å². The van der Waals surface area contributed by atoms with Crippen LogP contribution in [-0.4, -0.2) is 25.0 Å². The summed E-state index contributed by atoms with van der Waals surface area (Å²) < 4.78 is 1.31. The van der Waals surface area contributed by atoms with Gasteiger partial charge in [0, 0.05) is 11.1 Å². The van der Waals surface area contributed by atoms with Crippen molar-refractivity contribution in [2.24, 2.45) is 0 Å². The van der Waals surface area contributed by atoms with Gasteiger partial charge in [-0.2, -0.15) is 15.0 Å². The van der Waals surface area contributed by atoms with E-state index in [0.717, 1.165) is 11.1 Å². The predicted octanol–water partition coefficient (Wildman–Crippen LogP) is 2.85. The molecule has 0 spiro atoms. The van der Waals surface area contributed by atoms with Crippen LogP contribution in [0.4, 0.5) is 5.82 Å². The van der Waals surface area contributed by atoms with Crippen molar-refractivity contribution in [3.05, 3.63) is 72.4 Å². The minimum atomic E-state index is 0.181. The van der Waals surface area contributed by atoms with Crippen molar-refractivity contribution in [2.45, 2.75) is 0 Å². The van der Waals surface area contributed by atoms with E-state index < -0.39 is 0 Å². The minimum absolute atomic E-state index is 0.181. The first-order chi connectivity index (χ1) is 12.8. The molecule has 2 aromatic carbocycles. The molecular formula is C19H13N7. The zero-order valence-corrected chi connectivity index (χ0v) is 13.6. The maximum Gasteiger partial charge on any atom is 0.272 e. The summed E-state index contributed by atoms with van der Waals surface area (Å²) in [5.41, 5.74) is 9.34. The summed E-state index contributed by atoms with van der Waals surface area (Å²) in [6, 6.07) is 21.4. The van der Waals surface area contributed by atoms with E-state index in [-0.39, 0.29) is 17.3 Å². The topological polar surface area (TPSA) is 106 Å². The molecule has 0 aliphatic carbocycles. The molecule has 0 fully saturated rings. The van der Waals surface area contributed by atoms with Crippen LogP contribution in [0.2, 0.25) is 0 Å². The average molecular weight is 339 g/mol. The molecule has 4 rings (SSSR count). The Balaban J connectivity index is 1.93. The van der Waals surface area contributed by atoms with Crippen molar-refractivity contribution in [1.29, 1.82) is 5.26 Å². The van der Waals surface area contributed by atoms with Crippen LogP contribution in [0.1, 0.15) is 5.56 Å². The standard InChI is InChI=1S/C19H13N7/c20-11-15-12-22-26(18(15)21)19-23-16(13-7-3-1-4-8-13)17(24-25-19)14-9-5-2-6-10-14/h1-10,12H,21H2. The van der Waals surface area contributed by atoms with Crippen LogP contribution in [0.3, 0.4) is 0 Å². The molecule has 0 aliphatic heterocycles. The lowest BCUT2D eigenvalue weighted by atomic mass is 10.0. The van der Waals surface area contributed by atoms with Gasteiger partial charge in [-0.25, -0.2) is 4.98 Å². The number of hydrogen-bond donors (Lipinski definition) is 1. The molecule has 2 aromatic heterocycles. The number of rotatable bonds is 3. The highest BCUT2D eigenvalue weighted by atomic mass is 15.4. The second-order valence-electron chi connectivity index (χ2n) is 5.51. The summed E-state index contributed by atoms with van der Waals surface area (Å²) in [6.45, 7) is 0. The van der Waals surface area contributed by atoms with Gasteiger partial charge >= 0.3 is 0 Å². The number of hydrogen-bond acceptors (Lipinski definition) is 6. The van der Waals surface area contributed by atoms with Crippen molar-refractivity contribution < 1.29 is 0 Å². The first-order valence-electron chi connectivity index (χ1n) is 7.87. The molecule has 7 heteroatoms. The van der Waals surface area contributed by atoms with Crippen molar-refractivity contribution in [2.75, 3.05) is 5.73 Å². The predicted molar refractivity (Wildman–Crippen MR) is 96.9 cm³/mol. The van der Waals surface area contributed by atoms with Gasteiger partial charge in [0.1, 0.15) is 28.8 Å². The van der Waals surface area contributed by atoms with Gasteiger partial charge in [0.05, 0.1) is 6.20 Å². The summed E-state index contributed by atoms with van der Waals surface area (Å²) in [7, 11) is 0. The van der Waals surface area contributed by atoms with Crippen LogP contribution in [0, 0.1) is 11.3 Å². The van der Waals surface area contributed by atoms with Crippen LogP contribution in [0.5, 0.6) is 0 Å². The van der Waals surface area contributed by atoms with E-state index in [0.29, 0.717) is 11.4 Å². The number of nitrogens with two attached hydrogens (primary N) is 1. The minimum Gasteiger partial charge on any atom is -0.382 e. The molecule has 0 amide bonds. The number of nitriles is 1. The fraction of sp³-hybridized carbons (Fsp3) is 0. The first kappa shape index (κ1) is 15.5. The number of nitrogen functional groups attached to an aromatic ring is 1. The largest absolute Gasteiger partial charge is 0.382 e. The van der Waals surface area contributed by atoms with Crippen LogP contribution in [0.25, 0.3) is 28.5 Å². The normalized spacial score (nSPS) is 10.4. The Morgan fingerprint density at radius 1 is 0.846 bits per heavy atom. The van der Waals surface area contributed by atoms with Crippen molar-refractivity contribution >= 4 is 5.82 Å². The quantitative estimate of drug-likeness (QED) is 0.615. The Morgan fingerprint density at radius 3 is 2.04 bits per heavy atom. The molecule has 124 valence electrons. The third-order valence-corrected chi connectivity index (χ3v) is 3.89. The van der Waals surface area contributed by atoms with E-state index in [1.54, 1.807) is 0 Å². The van der Waals surface area contributed by atoms with Gasteiger partial charge in [-0.05, 0) is 0 Å². The highest BCUT2D eigenvalue weighted by molar-refractivity contribution is 5.77. The molecule has 0 radical (unpaired) electrons. The maximum absolute atomic E-state index is 9.06. The Bertz CT molecular complexity index is 1100. The second-order valence-corrected chi connectivity index (χ2v) is 5.51. The van der Waals surface area contributed by atoms with E-state index in [1.807, 2.05) is 66.7 Å². The summed E-state index contributed by atoms with van der Waals surface area (Å²) in [6.07, 6.45) is 1.38. The van der Waals surface area contributed by atoms with Gasteiger partial charge in [-0.1, -0.05) is 60.7 Å². The van der Waals surface area contributed by atoms with Gasteiger partial charge < -0.3 is 5.73 Å². The van der Waals surface area contributed by atoms with Crippen molar-refractivity contribution in [1.82, 2.24) is 25.0 Å². The lowest BCUT2D eigenvalue weighted by Gasteiger charge is -2.10. The number of aromatic nitrogens is 5. The molecule has 4 aromatic rings. The zero-order chi connectivity index (χ0) is 17.9. The Kier molecular flexibility index (Phi) is 3.84. The van der Waals surface area contributed by atoms with E-state index in [1.165, 1.54) is 10.9 Å². The molecule has 26 heavy (non-hydrogen) atoms. The molecule has 2 heterocycles. The van der Waals surface area contributed by atoms with Gasteiger partial charge in [0.15, 0.2) is 0 Å². The SMILES string of the molecule is N#Cc1cnn(-c2nnc(-c3ccccc3)c(-c3ccccc3)n2)c1N. The molecule has 2 N–H and O–H groups in total. The lowest BCUT2D eigenvalue weighted by molar-refractivity contribution is 0.785. The Morgan fingerprint density at radius 2 is 1.46 bits per heavy atom. The summed E-state index contributed by atoms with van der Waals surface area (Å²) >= 11 is 0. The monoisotopic (exact) mass is 339 g/mol. The summed E-state index contributed by atoms with van der Waals surface area (Å²) in [5.74, 6) is 0.392. The highest BCUT2D eigenvalue weighted by Gasteiger charge is 2.17. The Labute approximate surface area is 149 Å². The lowest BCUT2D eigenvalue weighted by Crippen LogP contribution is -2.10. The third kappa shape index (κ3) is 2.65. The molecule has 0 aliphatic rings. The molecule has 7 nitrogen and oxygen atoms in total. The van der Waals surface area contributed by atoms with Crippen LogP contribution in [0.15, 0.2) is 66.9 Å². The third-order valence-electron chi connectivity index (χ3n) is 3.89. The van der Waals surface area contributed by atoms with Crippen molar-refractivity contribution in [3.63, 3.8) is 0 Å². The zero-order valence-electron chi connectivity index (χ0n) is 13.6. The maximum atomic E-state index is 9.06. The van der Waals surface area contributed by atoms with Gasteiger partial charge in [0.2, 0.25) is 0 Å².